The summed E-state index contributed by atoms with van der Waals surface area (Å²) >= 11 is 6.30. The van der Waals surface area contributed by atoms with Gasteiger partial charge in [0, 0.05) is 24.3 Å². The van der Waals surface area contributed by atoms with Crippen LogP contribution >= 0.6 is 11.6 Å². The van der Waals surface area contributed by atoms with Gasteiger partial charge < -0.3 is 15.4 Å². The second kappa shape index (κ2) is 7.34. The highest BCUT2D eigenvalue weighted by Crippen LogP contribution is 2.28. The maximum atomic E-state index is 6.30. The van der Waals surface area contributed by atoms with E-state index in [0.29, 0.717) is 6.54 Å². The van der Waals surface area contributed by atoms with Gasteiger partial charge in [0.2, 0.25) is 0 Å². The Kier molecular flexibility index (Phi) is 5.48. The molecule has 2 N–H and O–H groups in total. The molecule has 2 aromatic carbocycles. The van der Waals surface area contributed by atoms with Crippen LogP contribution in [0.25, 0.3) is 0 Å². The average molecular weight is 305 g/mol. The second-order valence-corrected chi connectivity index (χ2v) is 5.39. The molecule has 112 valence electrons. The molecule has 0 bridgehead atoms. The van der Waals surface area contributed by atoms with Crippen molar-refractivity contribution >= 4 is 17.3 Å². The third-order valence-electron chi connectivity index (χ3n) is 3.45. The molecule has 0 aliphatic heterocycles. The molecule has 0 radical (unpaired) electrons. The lowest BCUT2D eigenvalue weighted by Gasteiger charge is -2.23. The Bertz CT molecular complexity index is 601. The molecule has 3 nitrogen and oxygen atoms in total. The summed E-state index contributed by atoms with van der Waals surface area (Å²) in [6.45, 7) is 1.37. The molecular weight excluding hydrogens is 284 g/mol. The fourth-order valence-electron chi connectivity index (χ4n) is 2.43. The smallest absolute Gasteiger partial charge is 0.119 e. The highest BCUT2D eigenvalue weighted by atomic mass is 35.5. The van der Waals surface area contributed by atoms with Crippen LogP contribution in [0.4, 0.5) is 5.69 Å². The number of anilines is 1. The molecule has 0 aliphatic carbocycles. The minimum atomic E-state index is 0.587. The lowest BCUT2D eigenvalue weighted by molar-refractivity contribution is 0.414. The first-order valence-corrected chi connectivity index (χ1v) is 7.35. The van der Waals surface area contributed by atoms with Gasteiger partial charge in [-0.05, 0) is 48.4 Å². The SMILES string of the molecule is COc1cccc(CN(C)c2cccc(Cl)c2CCN)c1. The second-order valence-electron chi connectivity index (χ2n) is 4.98. The van der Waals surface area contributed by atoms with Crippen molar-refractivity contribution in [3.8, 4) is 5.75 Å². The molecular formula is C17H21ClN2O. The van der Waals surface area contributed by atoms with Crippen molar-refractivity contribution in [1.29, 1.82) is 0 Å². The summed E-state index contributed by atoms with van der Waals surface area (Å²) in [6, 6.07) is 14.0. The molecule has 0 heterocycles. The minimum Gasteiger partial charge on any atom is -0.497 e. The standard InChI is InChI=1S/C17H21ClN2O/c1-20(12-13-5-3-6-14(11-13)21-2)17-8-4-7-16(18)15(17)9-10-19/h3-8,11H,9-10,12,19H2,1-2H3. The molecule has 0 saturated heterocycles. The van der Waals surface area contributed by atoms with E-state index in [9.17, 15) is 0 Å². The van der Waals surface area contributed by atoms with E-state index in [0.717, 1.165) is 35.0 Å². The molecule has 0 amide bonds. The van der Waals surface area contributed by atoms with Crippen LogP contribution in [-0.4, -0.2) is 20.7 Å². The van der Waals surface area contributed by atoms with Gasteiger partial charge >= 0.3 is 0 Å². The van der Waals surface area contributed by atoms with Crippen molar-refractivity contribution < 1.29 is 4.74 Å². The third kappa shape index (κ3) is 3.90. The predicted octanol–water partition coefficient (Wildman–Crippen LogP) is 3.49. The van der Waals surface area contributed by atoms with E-state index in [2.05, 4.69) is 24.1 Å². The first-order valence-electron chi connectivity index (χ1n) is 6.97. The molecule has 4 heteroatoms. The van der Waals surface area contributed by atoms with Gasteiger partial charge in [0.15, 0.2) is 0 Å². The fourth-order valence-corrected chi connectivity index (χ4v) is 2.69. The van der Waals surface area contributed by atoms with Gasteiger partial charge in [-0.15, -0.1) is 0 Å². The van der Waals surface area contributed by atoms with Crippen LogP contribution in [-0.2, 0) is 13.0 Å². The Morgan fingerprint density at radius 2 is 1.95 bits per heavy atom. The molecule has 2 aromatic rings. The summed E-state index contributed by atoms with van der Waals surface area (Å²) in [6.07, 6.45) is 0.775. The van der Waals surface area contributed by atoms with Crippen molar-refractivity contribution in [3.05, 3.63) is 58.6 Å². The van der Waals surface area contributed by atoms with Crippen LogP contribution in [0.2, 0.25) is 5.02 Å². The number of rotatable bonds is 6. The molecule has 0 aromatic heterocycles. The number of halogens is 1. The lowest BCUT2D eigenvalue weighted by atomic mass is 10.1. The van der Waals surface area contributed by atoms with Crippen molar-refractivity contribution in [2.75, 3.05) is 25.6 Å². The van der Waals surface area contributed by atoms with Gasteiger partial charge in [-0.3, -0.25) is 0 Å². The van der Waals surface area contributed by atoms with Crippen LogP contribution < -0.4 is 15.4 Å². The van der Waals surface area contributed by atoms with E-state index in [-0.39, 0.29) is 0 Å². The largest absolute Gasteiger partial charge is 0.497 e. The number of hydrogen-bond donors (Lipinski definition) is 1. The van der Waals surface area contributed by atoms with Gasteiger partial charge in [0.1, 0.15) is 5.75 Å². The number of ether oxygens (including phenoxy) is 1. The monoisotopic (exact) mass is 304 g/mol. The molecule has 0 saturated carbocycles. The minimum absolute atomic E-state index is 0.587. The summed E-state index contributed by atoms with van der Waals surface area (Å²) in [4.78, 5) is 2.19. The van der Waals surface area contributed by atoms with E-state index in [1.165, 1.54) is 5.56 Å². The Labute approximate surface area is 131 Å². The third-order valence-corrected chi connectivity index (χ3v) is 3.81. The van der Waals surface area contributed by atoms with Crippen LogP contribution in [0.15, 0.2) is 42.5 Å². The summed E-state index contributed by atoms with van der Waals surface area (Å²) in [5, 5.41) is 0.774. The maximum absolute atomic E-state index is 6.30. The van der Waals surface area contributed by atoms with Crippen molar-refractivity contribution in [3.63, 3.8) is 0 Å². The normalized spacial score (nSPS) is 10.5. The van der Waals surface area contributed by atoms with Crippen molar-refractivity contribution in [2.45, 2.75) is 13.0 Å². The summed E-state index contributed by atoms with van der Waals surface area (Å²) < 4.78 is 5.27. The number of nitrogens with zero attached hydrogens (tertiary/aromatic N) is 1. The van der Waals surface area contributed by atoms with E-state index in [1.807, 2.05) is 30.3 Å². The molecule has 0 spiro atoms. The van der Waals surface area contributed by atoms with Crippen LogP contribution in [0.3, 0.4) is 0 Å². The summed E-state index contributed by atoms with van der Waals surface area (Å²) in [7, 11) is 3.74. The van der Waals surface area contributed by atoms with Crippen LogP contribution in [0, 0.1) is 0 Å². The number of benzene rings is 2. The van der Waals surface area contributed by atoms with E-state index >= 15 is 0 Å². The Hall–Kier alpha value is -1.71. The molecule has 0 atom stereocenters. The quantitative estimate of drug-likeness (QED) is 0.888. The molecule has 21 heavy (non-hydrogen) atoms. The van der Waals surface area contributed by atoms with Gasteiger partial charge in [-0.25, -0.2) is 0 Å². The number of methoxy groups -OCH3 is 1. The maximum Gasteiger partial charge on any atom is 0.119 e. The van der Waals surface area contributed by atoms with Gasteiger partial charge in [-0.1, -0.05) is 29.8 Å². The molecule has 2 rings (SSSR count). The lowest BCUT2D eigenvalue weighted by Crippen LogP contribution is -2.19. The zero-order chi connectivity index (χ0) is 15.2. The number of nitrogens with two attached hydrogens (primary N) is 1. The average Bonchev–Trinajstić information content (AvgIpc) is 2.49. The topological polar surface area (TPSA) is 38.5 Å². The van der Waals surface area contributed by atoms with Crippen molar-refractivity contribution in [1.82, 2.24) is 0 Å². The van der Waals surface area contributed by atoms with Crippen molar-refractivity contribution in [2.24, 2.45) is 5.73 Å². The Morgan fingerprint density at radius 1 is 1.19 bits per heavy atom. The first-order chi connectivity index (χ1) is 10.2. The zero-order valence-electron chi connectivity index (χ0n) is 12.5. The van der Waals surface area contributed by atoms with Crippen LogP contribution in [0.5, 0.6) is 5.75 Å². The molecule has 0 fully saturated rings. The molecule has 0 unspecified atom stereocenters. The molecule has 0 aliphatic rings. The summed E-state index contributed by atoms with van der Waals surface area (Å²) in [5.41, 5.74) is 9.11. The van der Waals surface area contributed by atoms with Gasteiger partial charge in [0.25, 0.3) is 0 Å². The number of hydrogen-bond acceptors (Lipinski definition) is 3. The highest BCUT2D eigenvalue weighted by molar-refractivity contribution is 6.31. The van der Waals surface area contributed by atoms with E-state index < -0.39 is 0 Å². The predicted molar refractivity (Wildman–Crippen MR) is 89.3 cm³/mol. The van der Waals surface area contributed by atoms with Crippen LogP contribution in [0.1, 0.15) is 11.1 Å². The van der Waals surface area contributed by atoms with E-state index in [4.69, 9.17) is 22.1 Å². The van der Waals surface area contributed by atoms with E-state index in [1.54, 1.807) is 7.11 Å². The Balaban J connectivity index is 2.23. The van der Waals surface area contributed by atoms with Gasteiger partial charge in [0.05, 0.1) is 7.11 Å². The zero-order valence-corrected chi connectivity index (χ0v) is 13.2. The fraction of sp³-hybridized carbons (Fsp3) is 0.294. The Morgan fingerprint density at radius 3 is 2.67 bits per heavy atom. The first kappa shape index (κ1) is 15.7. The highest BCUT2D eigenvalue weighted by Gasteiger charge is 2.11. The van der Waals surface area contributed by atoms with Gasteiger partial charge in [-0.2, -0.15) is 0 Å². The summed E-state index contributed by atoms with van der Waals surface area (Å²) in [5.74, 6) is 0.870.